The second kappa shape index (κ2) is 6.54. The predicted molar refractivity (Wildman–Crippen MR) is 73.6 cm³/mol. The van der Waals surface area contributed by atoms with Gasteiger partial charge in [-0.2, -0.15) is 0 Å². The van der Waals surface area contributed by atoms with Gasteiger partial charge in [0.2, 0.25) is 5.91 Å². The molecule has 0 aromatic heterocycles. The Morgan fingerprint density at radius 2 is 2.42 bits per heavy atom. The van der Waals surface area contributed by atoms with E-state index in [2.05, 4.69) is 17.4 Å². The standard InChI is InChI=1S/C14H21N3O2/c1-17-6-5-12(9-17)10-19-13-4-2-3-11(7-13)8-14(18)16-15/h2-4,7,12H,5-6,8-10,15H2,1H3,(H,16,18)/t12-/m1/s1. The third kappa shape index (κ3) is 4.22. The van der Waals surface area contributed by atoms with E-state index in [0.29, 0.717) is 5.92 Å². The highest BCUT2D eigenvalue weighted by Gasteiger charge is 2.19. The van der Waals surface area contributed by atoms with Gasteiger partial charge in [-0.1, -0.05) is 12.1 Å². The molecule has 1 amide bonds. The number of carbonyl (C=O) groups is 1. The molecule has 0 aliphatic carbocycles. The Bertz CT molecular complexity index is 436. The van der Waals surface area contributed by atoms with Crippen LogP contribution in [0.1, 0.15) is 12.0 Å². The number of ether oxygens (including phenoxy) is 1. The average molecular weight is 263 g/mol. The molecule has 0 spiro atoms. The number of nitrogens with one attached hydrogen (secondary N) is 1. The van der Waals surface area contributed by atoms with Crippen molar-refractivity contribution < 1.29 is 9.53 Å². The van der Waals surface area contributed by atoms with Crippen LogP contribution < -0.4 is 16.0 Å². The molecule has 0 bridgehead atoms. The van der Waals surface area contributed by atoms with Crippen molar-refractivity contribution in [2.45, 2.75) is 12.8 Å². The Morgan fingerprint density at radius 1 is 1.58 bits per heavy atom. The fourth-order valence-electron chi connectivity index (χ4n) is 2.36. The van der Waals surface area contributed by atoms with Gasteiger partial charge in [0.25, 0.3) is 0 Å². The third-order valence-electron chi connectivity index (χ3n) is 3.40. The summed E-state index contributed by atoms with van der Waals surface area (Å²) >= 11 is 0. The van der Waals surface area contributed by atoms with Crippen LogP contribution in [0.4, 0.5) is 0 Å². The molecule has 3 N–H and O–H groups in total. The van der Waals surface area contributed by atoms with Crippen LogP contribution in [-0.4, -0.2) is 37.6 Å². The lowest BCUT2D eigenvalue weighted by molar-refractivity contribution is -0.120. The molecule has 104 valence electrons. The Kier molecular flexibility index (Phi) is 4.76. The van der Waals surface area contributed by atoms with Crippen molar-refractivity contribution in [1.82, 2.24) is 10.3 Å². The van der Waals surface area contributed by atoms with Gasteiger partial charge in [-0.05, 0) is 37.7 Å². The maximum atomic E-state index is 11.2. The number of nitrogens with two attached hydrogens (primary N) is 1. The fraction of sp³-hybridized carbons (Fsp3) is 0.500. The van der Waals surface area contributed by atoms with E-state index in [1.54, 1.807) is 0 Å². The maximum Gasteiger partial charge on any atom is 0.238 e. The lowest BCUT2D eigenvalue weighted by Crippen LogP contribution is -2.31. The molecule has 0 saturated carbocycles. The monoisotopic (exact) mass is 263 g/mol. The molecule has 1 fully saturated rings. The summed E-state index contributed by atoms with van der Waals surface area (Å²) < 4.78 is 5.80. The number of amides is 1. The minimum atomic E-state index is -0.199. The largest absolute Gasteiger partial charge is 0.493 e. The number of hydrazine groups is 1. The van der Waals surface area contributed by atoms with E-state index >= 15 is 0 Å². The van der Waals surface area contributed by atoms with Crippen LogP contribution in [0.2, 0.25) is 0 Å². The van der Waals surface area contributed by atoms with Crippen molar-refractivity contribution in [3.05, 3.63) is 29.8 Å². The van der Waals surface area contributed by atoms with E-state index < -0.39 is 0 Å². The van der Waals surface area contributed by atoms with Crippen molar-refractivity contribution in [1.29, 1.82) is 0 Å². The Labute approximate surface area is 113 Å². The molecular weight excluding hydrogens is 242 g/mol. The van der Waals surface area contributed by atoms with Crippen LogP contribution in [0.3, 0.4) is 0 Å². The van der Waals surface area contributed by atoms with Crippen LogP contribution in [0.25, 0.3) is 0 Å². The average Bonchev–Trinajstić information content (AvgIpc) is 2.82. The molecule has 1 aromatic carbocycles. The molecule has 2 rings (SSSR count). The van der Waals surface area contributed by atoms with Crippen molar-refractivity contribution in [2.75, 3.05) is 26.7 Å². The topological polar surface area (TPSA) is 67.6 Å². The van der Waals surface area contributed by atoms with Crippen LogP contribution in [0, 0.1) is 5.92 Å². The molecule has 5 nitrogen and oxygen atoms in total. The van der Waals surface area contributed by atoms with Gasteiger partial charge in [-0.25, -0.2) is 5.84 Å². The predicted octanol–water partition coefficient (Wildman–Crippen LogP) is 0.550. The first-order chi connectivity index (χ1) is 9.17. The van der Waals surface area contributed by atoms with E-state index in [-0.39, 0.29) is 12.3 Å². The summed E-state index contributed by atoms with van der Waals surface area (Å²) in [4.78, 5) is 13.5. The van der Waals surface area contributed by atoms with Crippen molar-refractivity contribution >= 4 is 5.91 Å². The second-order valence-electron chi connectivity index (χ2n) is 5.12. The summed E-state index contributed by atoms with van der Waals surface area (Å²) in [6.07, 6.45) is 1.46. The van der Waals surface area contributed by atoms with E-state index in [1.165, 1.54) is 6.42 Å². The first kappa shape index (κ1) is 13.8. The molecular formula is C14H21N3O2. The zero-order valence-electron chi connectivity index (χ0n) is 11.3. The van der Waals surface area contributed by atoms with Gasteiger partial charge >= 0.3 is 0 Å². The summed E-state index contributed by atoms with van der Waals surface area (Å²) in [5, 5.41) is 0. The highest BCUT2D eigenvalue weighted by molar-refractivity contribution is 5.77. The van der Waals surface area contributed by atoms with Gasteiger partial charge < -0.3 is 9.64 Å². The quantitative estimate of drug-likeness (QED) is 0.462. The normalized spacial score (nSPS) is 19.4. The van der Waals surface area contributed by atoms with Gasteiger partial charge in [0.05, 0.1) is 13.0 Å². The van der Waals surface area contributed by atoms with Gasteiger partial charge in [0.1, 0.15) is 5.75 Å². The number of hydrogen-bond acceptors (Lipinski definition) is 4. The van der Waals surface area contributed by atoms with Crippen molar-refractivity contribution in [3.8, 4) is 5.75 Å². The third-order valence-corrected chi connectivity index (χ3v) is 3.40. The van der Waals surface area contributed by atoms with E-state index in [0.717, 1.165) is 31.0 Å². The molecule has 0 unspecified atom stereocenters. The minimum Gasteiger partial charge on any atom is -0.493 e. The van der Waals surface area contributed by atoms with Gasteiger partial charge in [-0.3, -0.25) is 10.2 Å². The maximum absolute atomic E-state index is 11.2. The van der Waals surface area contributed by atoms with E-state index in [4.69, 9.17) is 10.6 Å². The molecule has 19 heavy (non-hydrogen) atoms. The second-order valence-corrected chi connectivity index (χ2v) is 5.12. The summed E-state index contributed by atoms with van der Waals surface area (Å²) in [5.41, 5.74) is 3.04. The Hall–Kier alpha value is -1.59. The summed E-state index contributed by atoms with van der Waals surface area (Å²) in [5.74, 6) is 6.29. The van der Waals surface area contributed by atoms with Crippen LogP contribution in [-0.2, 0) is 11.2 Å². The van der Waals surface area contributed by atoms with Gasteiger partial charge in [0.15, 0.2) is 0 Å². The first-order valence-corrected chi connectivity index (χ1v) is 6.57. The molecule has 1 saturated heterocycles. The highest BCUT2D eigenvalue weighted by atomic mass is 16.5. The lowest BCUT2D eigenvalue weighted by Gasteiger charge is -2.13. The smallest absolute Gasteiger partial charge is 0.238 e. The van der Waals surface area contributed by atoms with Crippen molar-refractivity contribution in [2.24, 2.45) is 11.8 Å². The van der Waals surface area contributed by atoms with Gasteiger partial charge in [0, 0.05) is 12.5 Å². The molecule has 0 radical (unpaired) electrons. The summed E-state index contributed by atoms with van der Waals surface area (Å²) in [6.45, 7) is 2.97. The molecule has 1 atom stereocenters. The zero-order chi connectivity index (χ0) is 13.7. The molecule has 1 aliphatic heterocycles. The number of likely N-dealkylation sites (tertiary alicyclic amines) is 1. The molecule has 1 aromatic rings. The number of nitrogens with zero attached hydrogens (tertiary/aromatic N) is 1. The number of benzene rings is 1. The fourth-order valence-corrected chi connectivity index (χ4v) is 2.36. The molecule has 1 aliphatic rings. The minimum absolute atomic E-state index is 0.199. The Morgan fingerprint density at radius 3 is 3.11 bits per heavy atom. The summed E-state index contributed by atoms with van der Waals surface area (Å²) in [6, 6.07) is 7.61. The van der Waals surface area contributed by atoms with Crippen LogP contribution >= 0.6 is 0 Å². The van der Waals surface area contributed by atoms with Crippen molar-refractivity contribution in [3.63, 3.8) is 0 Å². The van der Waals surface area contributed by atoms with Gasteiger partial charge in [-0.15, -0.1) is 0 Å². The highest BCUT2D eigenvalue weighted by Crippen LogP contribution is 2.18. The zero-order valence-corrected chi connectivity index (χ0v) is 11.3. The van der Waals surface area contributed by atoms with E-state index in [9.17, 15) is 4.79 Å². The SMILES string of the molecule is CN1CC[C@@H](COc2cccc(CC(=O)NN)c2)C1. The summed E-state index contributed by atoms with van der Waals surface area (Å²) in [7, 11) is 2.13. The molecule has 1 heterocycles. The number of rotatable bonds is 5. The molecule has 5 heteroatoms. The number of carbonyl (C=O) groups excluding carboxylic acids is 1. The first-order valence-electron chi connectivity index (χ1n) is 6.57. The van der Waals surface area contributed by atoms with E-state index in [1.807, 2.05) is 24.3 Å². The van der Waals surface area contributed by atoms with Crippen LogP contribution in [0.5, 0.6) is 5.75 Å². The Balaban J connectivity index is 1.86. The number of hydrogen-bond donors (Lipinski definition) is 2. The van der Waals surface area contributed by atoms with Crippen LogP contribution in [0.15, 0.2) is 24.3 Å². The lowest BCUT2D eigenvalue weighted by atomic mass is 10.1.